The summed E-state index contributed by atoms with van der Waals surface area (Å²) in [6.45, 7) is 4.50. The van der Waals surface area contributed by atoms with Crippen molar-refractivity contribution in [3.8, 4) is 0 Å². The van der Waals surface area contributed by atoms with Crippen LogP contribution in [0.5, 0.6) is 0 Å². The van der Waals surface area contributed by atoms with E-state index in [1.165, 1.54) is 24.3 Å². The van der Waals surface area contributed by atoms with Crippen LogP contribution in [0, 0.1) is 5.92 Å². The van der Waals surface area contributed by atoms with E-state index in [4.69, 9.17) is 0 Å². The van der Waals surface area contributed by atoms with Gasteiger partial charge in [0.25, 0.3) is 5.91 Å². The molecular weight excluding hydrogens is 338 g/mol. The Morgan fingerprint density at radius 2 is 1.87 bits per heavy atom. The van der Waals surface area contributed by atoms with Crippen LogP contribution in [-0.2, 0) is 19.7 Å². The van der Waals surface area contributed by atoms with Crippen molar-refractivity contribution in [1.29, 1.82) is 0 Å². The van der Waals surface area contributed by atoms with Gasteiger partial charge >= 0.3 is 0 Å². The molecule has 0 bridgehead atoms. The number of rotatable bonds is 5. The number of hydrogen-bond donors (Lipinski definition) is 1. The van der Waals surface area contributed by atoms with Gasteiger partial charge in [0, 0.05) is 12.1 Å². The monoisotopic (exact) mass is 359 g/mol. The number of carbonyl (C=O) groups excluding carboxylic acids is 1. The summed E-state index contributed by atoms with van der Waals surface area (Å²) in [5.74, 6) is -0.354. The minimum absolute atomic E-state index is 0.0556. The summed E-state index contributed by atoms with van der Waals surface area (Å²) in [7, 11) is -6.96. The normalized spacial score (nSPS) is 20.6. The van der Waals surface area contributed by atoms with Gasteiger partial charge in [-0.25, -0.2) is 16.8 Å². The number of carbonyl (C=O) groups is 1. The van der Waals surface area contributed by atoms with Crippen molar-refractivity contribution in [2.45, 2.75) is 30.4 Å². The van der Waals surface area contributed by atoms with Gasteiger partial charge in [0.15, 0.2) is 19.7 Å². The Kier molecular flexibility index (Phi) is 5.15. The third-order valence-electron chi connectivity index (χ3n) is 3.75. The molecule has 1 aromatic carbocycles. The second kappa shape index (κ2) is 6.60. The quantitative estimate of drug-likeness (QED) is 0.847. The van der Waals surface area contributed by atoms with Crippen LogP contribution in [0.15, 0.2) is 29.2 Å². The van der Waals surface area contributed by atoms with E-state index in [0.29, 0.717) is 18.0 Å². The molecule has 0 spiro atoms. The van der Waals surface area contributed by atoms with E-state index in [-0.39, 0.29) is 28.7 Å². The van der Waals surface area contributed by atoms with E-state index < -0.39 is 24.9 Å². The lowest BCUT2D eigenvalue weighted by Crippen LogP contribution is -2.27. The second-order valence-electron chi connectivity index (χ2n) is 6.20. The lowest BCUT2D eigenvalue weighted by atomic mass is 10.2. The molecule has 1 unspecified atom stereocenters. The van der Waals surface area contributed by atoms with Gasteiger partial charge in [-0.15, -0.1) is 0 Å². The van der Waals surface area contributed by atoms with Crippen LogP contribution < -0.4 is 5.32 Å². The van der Waals surface area contributed by atoms with E-state index in [9.17, 15) is 21.6 Å². The predicted molar refractivity (Wildman–Crippen MR) is 87.9 cm³/mol. The minimum Gasteiger partial charge on any atom is -0.352 e. The first-order valence-electron chi connectivity index (χ1n) is 7.44. The maximum atomic E-state index is 12.5. The Morgan fingerprint density at radius 1 is 1.26 bits per heavy atom. The summed E-state index contributed by atoms with van der Waals surface area (Å²) in [4.78, 5) is 12.0. The molecule has 1 atom stereocenters. The molecule has 1 saturated heterocycles. The summed E-state index contributed by atoms with van der Waals surface area (Å²) in [5, 5.41) is 1.86. The van der Waals surface area contributed by atoms with Gasteiger partial charge in [-0.1, -0.05) is 13.8 Å². The number of amides is 1. The molecule has 1 aromatic rings. The van der Waals surface area contributed by atoms with Gasteiger partial charge in [-0.3, -0.25) is 4.79 Å². The first kappa shape index (κ1) is 17.9. The van der Waals surface area contributed by atoms with E-state index in [1.807, 2.05) is 13.8 Å². The SMILES string of the molecule is CC(C)CNC(=O)c1ccc(S(=O)(=O)C2CCS(=O)(=O)C2)cc1. The highest BCUT2D eigenvalue weighted by Crippen LogP contribution is 2.25. The van der Waals surface area contributed by atoms with Crippen molar-refractivity contribution in [3.05, 3.63) is 29.8 Å². The molecule has 1 fully saturated rings. The zero-order valence-corrected chi connectivity index (χ0v) is 14.8. The summed E-state index contributed by atoms with van der Waals surface area (Å²) in [6.07, 6.45) is 0.126. The zero-order chi connectivity index (χ0) is 17.3. The second-order valence-corrected chi connectivity index (χ2v) is 10.7. The van der Waals surface area contributed by atoms with Gasteiger partial charge in [-0.05, 0) is 36.6 Å². The van der Waals surface area contributed by atoms with Crippen LogP contribution in [0.4, 0.5) is 0 Å². The van der Waals surface area contributed by atoms with Crippen molar-refractivity contribution in [1.82, 2.24) is 5.32 Å². The van der Waals surface area contributed by atoms with Gasteiger partial charge in [0.1, 0.15) is 0 Å². The third-order valence-corrected chi connectivity index (χ3v) is 7.93. The van der Waals surface area contributed by atoms with Crippen LogP contribution in [-0.4, -0.2) is 46.0 Å². The molecule has 23 heavy (non-hydrogen) atoms. The molecular formula is C15H21NO5S2. The molecule has 0 aromatic heterocycles. The Morgan fingerprint density at radius 3 is 2.35 bits per heavy atom. The third kappa shape index (κ3) is 4.32. The average molecular weight is 359 g/mol. The minimum atomic E-state index is -3.69. The van der Waals surface area contributed by atoms with Crippen molar-refractivity contribution < 1.29 is 21.6 Å². The molecule has 1 aliphatic rings. The zero-order valence-electron chi connectivity index (χ0n) is 13.2. The largest absolute Gasteiger partial charge is 0.352 e. The van der Waals surface area contributed by atoms with Crippen LogP contribution in [0.2, 0.25) is 0 Å². The highest BCUT2D eigenvalue weighted by Gasteiger charge is 2.37. The summed E-state index contributed by atoms with van der Waals surface area (Å²) < 4.78 is 47.9. The first-order chi connectivity index (χ1) is 10.6. The number of benzene rings is 1. The van der Waals surface area contributed by atoms with E-state index >= 15 is 0 Å². The van der Waals surface area contributed by atoms with Gasteiger partial charge in [-0.2, -0.15) is 0 Å². The number of sulfone groups is 2. The molecule has 8 heteroatoms. The molecule has 1 aliphatic heterocycles. The molecule has 6 nitrogen and oxygen atoms in total. The lowest BCUT2D eigenvalue weighted by Gasteiger charge is -2.11. The molecule has 1 amide bonds. The standard InChI is InChI=1S/C15H21NO5S2/c1-11(2)9-16-15(17)12-3-5-13(6-4-12)23(20,21)14-7-8-22(18,19)10-14/h3-6,11,14H,7-10H2,1-2H3,(H,16,17). The fraction of sp³-hybridized carbons (Fsp3) is 0.533. The predicted octanol–water partition coefficient (Wildman–Crippen LogP) is 1.03. The fourth-order valence-corrected chi connectivity index (χ4v) is 6.75. The first-order valence-corrected chi connectivity index (χ1v) is 10.8. The van der Waals surface area contributed by atoms with Gasteiger partial charge in [0.05, 0.1) is 21.7 Å². The topological polar surface area (TPSA) is 97.4 Å². The smallest absolute Gasteiger partial charge is 0.251 e. The van der Waals surface area contributed by atoms with Crippen molar-refractivity contribution in [2.75, 3.05) is 18.1 Å². The Bertz CT molecular complexity index is 780. The van der Waals surface area contributed by atoms with Gasteiger partial charge in [0.2, 0.25) is 0 Å². The highest BCUT2D eigenvalue weighted by atomic mass is 32.2. The molecule has 0 radical (unpaired) electrons. The molecule has 1 heterocycles. The van der Waals surface area contributed by atoms with Crippen LogP contribution >= 0.6 is 0 Å². The van der Waals surface area contributed by atoms with Crippen LogP contribution in [0.1, 0.15) is 30.6 Å². The molecule has 0 aliphatic carbocycles. The van der Waals surface area contributed by atoms with Crippen LogP contribution in [0.25, 0.3) is 0 Å². The maximum absolute atomic E-state index is 12.5. The number of hydrogen-bond acceptors (Lipinski definition) is 5. The van der Waals surface area contributed by atoms with Crippen molar-refractivity contribution in [2.24, 2.45) is 5.92 Å². The molecule has 128 valence electrons. The fourth-order valence-electron chi connectivity index (χ4n) is 2.39. The average Bonchev–Trinajstić information content (AvgIpc) is 2.85. The Hall–Kier alpha value is -1.41. The molecule has 0 saturated carbocycles. The molecule has 1 N–H and O–H groups in total. The van der Waals surface area contributed by atoms with E-state index in [0.717, 1.165) is 0 Å². The molecule has 2 rings (SSSR count). The van der Waals surface area contributed by atoms with E-state index in [1.54, 1.807) is 0 Å². The van der Waals surface area contributed by atoms with Gasteiger partial charge < -0.3 is 5.32 Å². The van der Waals surface area contributed by atoms with E-state index in [2.05, 4.69) is 5.32 Å². The van der Waals surface area contributed by atoms with Crippen molar-refractivity contribution >= 4 is 25.6 Å². The summed E-state index contributed by atoms with van der Waals surface area (Å²) in [6, 6.07) is 5.63. The lowest BCUT2D eigenvalue weighted by molar-refractivity contribution is 0.0949. The number of nitrogens with one attached hydrogen (secondary N) is 1. The van der Waals surface area contributed by atoms with Crippen LogP contribution in [0.3, 0.4) is 0 Å². The van der Waals surface area contributed by atoms with Crippen molar-refractivity contribution in [3.63, 3.8) is 0 Å². The maximum Gasteiger partial charge on any atom is 0.251 e. The Balaban J connectivity index is 2.14. The Labute approximate surface area is 137 Å². The summed E-state index contributed by atoms with van der Waals surface area (Å²) >= 11 is 0. The highest BCUT2D eigenvalue weighted by molar-refractivity contribution is 7.96. The summed E-state index contributed by atoms with van der Waals surface area (Å²) in [5.41, 5.74) is 0.378.